The van der Waals surface area contributed by atoms with Crippen LogP contribution in [0.25, 0.3) is 89.0 Å². The highest BCUT2D eigenvalue weighted by atomic mass is 32.1. The summed E-state index contributed by atoms with van der Waals surface area (Å²) in [4.78, 5) is 182. The molecular formula is C85H63F15N20O14S4. The molecule has 0 radical (unpaired) electrons. The van der Waals surface area contributed by atoms with Crippen molar-refractivity contribution >= 4 is 134 Å². The van der Waals surface area contributed by atoms with Crippen LogP contribution in [0, 0.1) is 41.8 Å². The molecule has 16 rings (SSSR count). The number of aryl methyl sites for hydroxylation is 5. The van der Waals surface area contributed by atoms with E-state index in [0.717, 1.165) is 87.2 Å². The van der Waals surface area contributed by atoms with Crippen molar-refractivity contribution < 1.29 is 94.5 Å². The molecule has 0 saturated carbocycles. The summed E-state index contributed by atoms with van der Waals surface area (Å²) in [6.45, 7) is -0.179. The van der Waals surface area contributed by atoms with Crippen LogP contribution in [-0.2, 0) is 107 Å². The molecule has 0 fully saturated rings. The van der Waals surface area contributed by atoms with Gasteiger partial charge in [0.2, 0.25) is 23.6 Å². The number of benzene rings is 4. The Morgan fingerprint density at radius 2 is 0.746 bits per heavy atom. The SMILES string of the molecule is Cc1ccc(-c2csc(NC(=O)Cc3ccnc4c3c(=O)n(C)c(=O)n4C)n2)cc1F.Cn1c(=O)c2c(CC(=O)Nc3nc(-c4cc(F)c(OCC(F)(F)F)c(F)c4)cs3)ccnc2n(C)c1=O.Cn1c(=O)c2c(CC(=O)Nc3nc(-c4ccc(F)c(C(F)(F)F)c4F)cs3)ccnc2n(C)c1=O.Cn1c(=O)c2c(CC(=O)Nc3nc(-c4ccc(OC(F)(F)F)c(F)c4)cs3)nccc2n(C)c1=O. The first-order valence-corrected chi connectivity index (χ1v) is 42.7. The van der Waals surface area contributed by atoms with Crippen LogP contribution in [0.3, 0.4) is 0 Å². The standard InChI is InChI=1S/C22H16F5N5O4S.C21H14F5N5O3S.C21H15F4N5O4S.C21H18FN5O3S/c1-31-18-16(19(34)32(2)21(31)35)10(3-4-28-18)7-15(33)30-20-29-14(8-37-20)11-5-12(23)17(13(24)6-11)36-9-22(25,26)27;1-30-17-14(18(33)31(2)20(30)34)9(5-6-27-17)7-13(32)29-19-28-12(8-35-19)10-3-4-11(22)15(16(10)23)21(24,25)26;1-29-14-5-6-26-12(17(14)18(32)30(2)20(29)33)8-16(31)28-19-27-13(9-35-19)10-3-4-15(11(22)7-10)34-21(23,24)25;1-11-4-5-12(8-14(11)22)15-10-31-20(24-15)25-16(28)9-13-6-7-23-18-17(13)19(29)27(3)21(30)26(18)2/h3-6,8H,7,9H2,1-2H3,(H,29,30,33);3-6,8H,7H2,1-2H3,(H,28,29,32);3-7,9H,8H2,1-2H3,(H,27,28,31);4-8,10H,9H2,1-3H3,(H,24,25,28). The highest BCUT2D eigenvalue weighted by Crippen LogP contribution is 2.40. The van der Waals surface area contributed by atoms with Gasteiger partial charge in [-0.1, -0.05) is 12.1 Å². The molecule has 34 nitrogen and oxygen atoms in total. The van der Waals surface area contributed by atoms with Gasteiger partial charge in [0.15, 0.2) is 56.1 Å². The van der Waals surface area contributed by atoms with E-state index in [2.05, 4.69) is 70.6 Å². The number of nitrogens with one attached hydrogen (secondary N) is 4. The van der Waals surface area contributed by atoms with Crippen LogP contribution < -0.4 is 75.7 Å². The third kappa shape index (κ3) is 21.7. The molecule has 12 aromatic heterocycles. The molecule has 0 aliphatic carbocycles. The molecule has 0 aliphatic rings. The first kappa shape index (κ1) is 99.7. The molecule has 4 N–H and O–H groups in total. The summed E-state index contributed by atoms with van der Waals surface area (Å²) in [6.07, 6.45) is -10.5. The lowest BCUT2D eigenvalue weighted by atomic mass is 10.1. The van der Waals surface area contributed by atoms with Gasteiger partial charge in [0.25, 0.3) is 22.2 Å². The molecule has 53 heteroatoms. The summed E-state index contributed by atoms with van der Waals surface area (Å²) in [5.74, 6) is -12.1. The van der Waals surface area contributed by atoms with Gasteiger partial charge in [0, 0.05) is 125 Å². The van der Waals surface area contributed by atoms with Gasteiger partial charge in [-0.3, -0.25) is 79.9 Å². The number of pyridine rings is 4. The number of thiazole rings is 4. The lowest BCUT2D eigenvalue weighted by Crippen LogP contribution is -2.37. The molecule has 4 amide bonds. The lowest BCUT2D eigenvalue weighted by Gasteiger charge is -2.11. The number of carbonyl (C=O) groups is 4. The molecule has 0 atom stereocenters. The van der Waals surface area contributed by atoms with Crippen LogP contribution in [0.1, 0.15) is 33.5 Å². The van der Waals surface area contributed by atoms with E-state index in [0.29, 0.717) is 44.7 Å². The predicted molar refractivity (Wildman–Crippen MR) is 476 cm³/mol. The van der Waals surface area contributed by atoms with Crippen LogP contribution >= 0.6 is 45.3 Å². The topological polar surface area (TPSA) is 414 Å². The number of nitrogens with zero attached hydrogens (tertiary/aromatic N) is 16. The molecule has 4 aromatic carbocycles. The average Bonchev–Trinajstić information content (AvgIpc) is 0.858. The second kappa shape index (κ2) is 40.0. The van der Waals surface area contributed by atoms with Crippen LogP contribution in [0.5, 0.6) is 11.5 Å². The third-order valence-corrected chi connectivity index (χ3v) is 23.4. The Labute approximate surface area is 775 Å². The zero-order chi connectivity index (χ0) is 100. The number of halogens is 15. The van der Waals surface area contributed by atoms with E-state index < -0.39 is 140 Å². The predicted octanol–water partition coefficient (Wildman–Crippen LogP) is 11.7. The van der Waals surface area contributed by atoms with Crippen LogP contribution in [-0.4, -0.2) is 119 Å². The summed E-state index contributed by atoms with van der Waals surface area (Å²) < 4.78 is 213. The van der Waals surface area contributed by atoms with Crippen molar-refractivity contribution in [2.45, 2.75) is 51.3 Å². The molecule has 716 valence electrons. The molecule has 138 heavy (non-hydrogen) atoms. The van der Waals surface area contributed by atoms with Crippen molar-refractivity contribution in [1.82, 2.24) is 76.4 Å². The van der Waals surface area contributed by atoms with Gasteiger partial charge in [-0.05, 0) is 102 Å². The van der Waals surface area contributed by atoms with E-state index in [4.69, 9.17) is 0 Å². The second-order valence-corrected chi connectivity index (χ2v) is 33.1. The maximum atomic E-state index is 14.4. The number of ether oxygens (including phenoxy) is 2. The minimum Gasteiger partial charge on any atom is -0.478 e. The van der Waals surface area contributed by atoms with Crippen LogP contribution in [0.15, 0.2) is 170 Å². The van der Waals surface area contributed by atoms with Crippen molar-refractivity contribution in [3.63, 3.8) is 0 Å². The minimum atomic E-state index is -5.24. The molecule has 16 aromatic rings. The van der Waals surface area contributed by atoms with E-state index in [1.165, 1.54) is 153 Å². The number of rotatable bonds is 19. The fraction of sp³-hybridized carbons (Fsp3) is 0.200. The maximum absolute atomic E-state index is 14.4. The molecule has 0 spiro atoms. The fourth-order valence-corrected chi connectivity index (χ4v) is 16.5. The Bertz CT molecular complexity index is 8130. The molecule has 0 bridgehead atoms. The van der Waals surface area contributed by atoms with E-state index in [-0.39, 0.29) is 131 Å². The van der Waals surface area contributed by atoms with Gasteiger partial charge < -0.3 is 30.7 Å². The van der Waals surface area contributed by atoms with Gasteiger partial charge in [0.05, 0.1) is 81.2 Å². The average molecular weight is 2000 g/mol. The summed E-state index contributed by atoms with van der Waals surface area (Å²) in [5.41, 5.74) is -3.34. The number of carbonyl (C=O) groups excluding carboxylic acids is 4. The van der Waals surface area contributed by atoms with E-state index >= 15 is 0 Å². The molecule has 0 saturated heterocycles. The molecule has 12 heterocycles. The molecular weight excluding hydrogens is 1940 g/mol. The summed E-state index contributed by atoms with van der Waals surface area (Å²) >= 11 is 3.98. The molecule has 0 aliphatic heterocycles. The maximum Gasteiger partial charge on any atom is 0.573 e. The summed E-state index contributed by atoms with van der Waals surface area (Å²) in [6, 6.07) is 16.5. The number of anilines is 4. The van der Waals surface area contributed by atoms with E-state index in [1.54, 1.807) is 30.5 Å². The Kier molecular flexibility index (Phi) is 28.9. The van der Waals surface area contributed by atoms with Gasteiger partial charge in [-0.15, -0.1) is 58.5 Å². The van der Waals surface area contributed by atoms with Gasteiger partial charge >= 0.3 is 41.5 Å². The first-order chi connectivity index (χ1) is 64.9. The van der Waals surface area contributed by atoms with Crippen molar-refractivity contribution in [2.24, 2.45) is 56.4 Å². The smallest absolute Gasteiger partial charge is 0.478 e. The number of hydrogen-bond acceptors (Lipinski definition) is 26. The zero-order valence-electron chi connectivity index (χ0n) is 71.9. The normalized spacial score (nSPS) is 11.5. The van der Waals surface area contributed by atoms with Crippen molar-refractivity contribution in [1.29, 1.82) is 0 Å². The quantitative estimate of drug-likeness (QED) is 0.0546. The highest BCUT2D eigenvalue weighted by Gasteiger charge is 2.40. The second-order valence-electron chi connectivity index (χ2n) is 29.6. The first-order valence-electron chi connectivity index (χ1n) is 39.2. The van der Waals surface area contributed by atoms with Crippen molar-refractivity contribution in [3.8, 4) is 56.5 Å². The van der Waals surface area contributed by atoms with Crippen LogP contribution in [0.2, 0.25) is 0 Å². The Hall–Kier alpha value is -15.8. The highest BCUT2D eigenvalue weighted by molar-refractivity contribution is 7.15. The van der Waals surface area contributed by atoms with Gasteiger partial charge in [-0.25, -0.2) is 80.4 Å². The lowest BCUT2D eigenvalue weighted by molar-refractivity contribution is -0.275. The largest absolute Gasteiger partial charge is 0.573 e. The van der Waals surface area contributed by atoms with Gasteiger partial charge in [0.1, 0.15) is 40.0 Å². The number of amides is 4. The minimum absolute atomic E-state index is 0.0544. The van der Waals surface area contributed by atoms with E-state index in [9.17, 15) is 123 Å². The Balaban J connectivity index is 0.000000156. The monoisotopic (exact) mass is 2000 g/mol. The Morgan fingerprint density at radius 3 is 1.14 bits per heavy atom. The Morgan fingerprint density at radius 1 is 0.384 bits per heavy atom. The van der Waals surface area contributed by atoms with Gasteiger partial charge in [-0.2, -0.15) is 26.3 Å². The number of hydrogen-bond donors (Lipinski definition) is 4. The zero-order valence-corrected chi connectivity index (χ0v) is 75.2. The summed E-state index contributed by atoms with van der Waals surface area (Å²) in [5, 5.41) is 17.0. The van der Waals surface area contributed by atoms with Crippen LogP contribution in [0.4, 0.5) is 86.4 Å². The fourth-order valence-electron chi connectivity index (χ4n) is 13.6. The van der Waals surface area contributed by atoms with Crippen molar-refractivity contribution in [2.75, 3.05) is 27.9 Å². The number of alkyl halides is 9. The van der Waals surface area contributed by atoms with E-state index in [1.807, 2.05) is 0 Å². The third-order valence-electron chi connectivity index (χ3n) is 20.4. The number of fused-ring (bicyclic) bond motifs is 4. The van der Waals surface area contributed by atoms with Crippen molar-refractivity contribution in [3.05, 3.63) is 283 Å². The summed E-state index contributed by atoms with van der Waals surface area (Å²) in [7, 11) is 11.2. The number of aromatic nitrogens is 16. The molecule has 0 unspecified atom stereocenters.